The van der Waals surface area contributed by atoms with Crippen LogP contribution in [0.4, 0.5) is 11.5 Å². The fraction of sp³-hybridized carbons (Fsp3) is 0.545. The maximum Gasteiger partial charge on any atom is 0.215 e. The Morgan fingerprint density at radius 1 is 1.47 bits per heavy atom. The maximum atomic E-state index is 11.3. The number of ether oxygens (including phenoxy) is 1. The Balaban J connectivity index is 2.04. The summed E-state index contributed by atoms with van der Waals surface area (Å²) in [6.45, 7) is 0. The monoisotopic (exact) mass is 255 g/mol. The van der Waals surface area contributed by atoms with Gasteiger partial charge < -0.3 is 15.8 Å². The molecule has 0 spiro atoms. The summed E-state index contributed by atoms with van der Waals surface area (Å²) >= 11 is 0. The van der Waals surface area contributed by atoms with Gasteiger partial charge in [0.2, 0.25) is 5.88 Å². The minimum absolute atomic E-state index is 0.301. The third-order valence-corrected chi connectivity index (χ3v) is 4.22. The molecule has 2 rings (SSSR count). The van der Waals surface area contributed by atoms with Crippen LogP contribution in [0.2, 0.25) is 0 Å². The number of hydrogen-bond acceptors (Lipinski definition) is 5. The number of rotatable bonds is 3. The van der Waals surface area contributed by atoms with Gasteiger partial charge in [-0.05, 0) is 18.9 Å². The molecule has 3 N–H and O–H groups in total. The van der Waals surface area contributed by atoms with E-state index in [2.05, 4.69) is 10.3 Å². The molecule has 1 aromatic heterocycles. The predicted molar refractivity (Wildman–Crippen MR) is 69.7 cm³/mol. The highest BCUT2D eigenvalue weighted by Gasteiger charge is 2.18. The van der Waals surface area contributed by atoms with E-state index in [0.717, 1.165) is 24.3 Å². The van der Waals surface area contributed by atoms with Crippen LogP contribution in [-0.2, 0) is 10.8 Å². The van der Waals surface area contributed by atoms with E-state index < -0.39 is 10.8 Å². The fourth-order valence-corrected chi connectivity index (χ4v) is 3.11. The zero-order valence-electron chi connectivity index (χ0n) is 9.81. The summed E-state index contributed by atoms with van der Waals surface area (Å²) in [7, 11) is 0.929. The molecular weight excluding hydrogens is 238 g/mol. The lowest BCUT2D eigenvalue weighted by atomic mass is 10.1. The van der Waals surface area contributed by atoms with Crippen LogP contribution in [0.1, 0.15) is 12.8 Å². The Morgan fingerprint density at radius 2 is 2.18 bits per heavy atom. The lowest BCUT2D eigenvalue weighted by molar-refractivity contribution is 0.398. The van der Waals surface area contributed by atoms with Crippen molar-refractivity contribution in [3.8, 4) is 5.88 Å². The van der Waals surface area contributed by atoms with Gasteiger partial charge in [-0.2, -0.15) is 4.98 Å². The minimum atomic E-state index is -0.647. The molecule has 0 unspecified atom stereocenters. The van der Waals surface area contributed by atoms with E-state index in [0.29, 0.717) is 23.4 Å². The third-order valence-electron chi connectivity index (χ3n) is 2.84. The molecule has 6 heteroatoms. The largest absolute Gasteiger partial charge is 0.481 e. The summed E-state index contributed by atoms with van der Waals surface area (Å²) in [5.74, 6) is 2.70. The molecular formula is C11H17N3O2S. The van der Waals surface area contributed by atoms with E-state index >= 15 is 0 Å². The number of nitrogens with two attached hydrogens (primary N) is 1. The molecule has 0 saturated carbocycles. The van der Waals surface area contributed by atoms with Crippen molar-refractivity contribution in [3.63, 3.8) is 0 Å². The molecule has 1 aliphatic rings. The predicted octanol–water partition coefficient (Wildman–Crippen LogP) is 0.995. The smallest absolute Gasteiger partial charge is 0.215 e. The van der Waals surface area contributed by atoms with Gasteiger partial charge in [0.05, 0.1) is 12.8 Å². The molecule has 1 fully saturated rings. The van der Waals surface area contributed by atoms with Crippen molar-refractivity contribution in [2.45, 2.75) is 18.9 Å². The molecule has 0 amide bonds. The Labute approximate surface area is 103 Å². The fourth-order valence-electron chi connectivity index (χ4n) is 1.81. The first-order valence-electron chi connectivity index (χ1n) is 5.61. The molecule has 2 heterocycles. The molecule has 0 atom stereocenters. The van der Waals surface area contributed by atoms with E-state index in [1.54, 1.807) is 19.2 Å². The lowest BCUT2D eigenvalue weighted by Gasteiger charge is -2.23. The summed E-state index contributed by atoms with van der Waals surface area (Å²) in [5.41, 5.74) is 6.46. The number of hydrogen-bond donors (Lipinski definition) is 2. The van der Waals surface area contributed by atoms with Gasteiger partial charge in [-0.3, -0.25) is 4.21 Å². The van der Waals surface area contributed by atoms with Crippen molar-refractivity contribution >= 4 is 22.3 Å². The highest BCUT2D eigenvalue weighted by molar-refractivity contribution is 7.85. The quantitative estimate of drug-likeness (QED) is 0.842. The number of anilines is 2. The second-order valence-electron chi connectivity index (χ2n) is 4.06. The third kappa shape index (κ3) is 3.09. The first kappa shape index (κ1) is 12.2. The minimum Gasteiger partial charge on any atom is -0.481 e. The molecule has 5 nitrogen and oxygen atoms in total. The van der Waals surface area contributed by atoms with E-state index in [1.807, 2.05) is 0 Å². The van der Waals surface area contributed by atoms with Gasteiger partial charge >= 0.3 is 0 Å². The number of methoxy groups -OCH3 is 1. The molecule has 0 radical (unpaired) electrons. The van der Waals surface area contributed by atoms with Gasteiger partial charge in [0.25, 0.3) is 0 Å². The summed E-state index contributed by atoms with van der Waals surface area (Å²) < 4.78 is 16.3. The van der Waals surface area contributed by atoms with Crippen molar-refractivity contribution in [1.29, 1.82) is 0 Å². The topological polar surface area (TPSA) is 77.2 Å². The molecule has 17 heavy (non-hydrogen) atoms. The normalized spacial score (nSPS) is 24.3. The summed E-state index contributed by atoms with van der Waals surface area (Å²) in [5, 5.41) is 3.29. The SMILES string of the molecule is COc1ccc(N)c(NC2CCS(=O)CC2)n1. The van der Waals surface area contributed by atoms with Gasteiger partial charge in [-0.15, -0.1) is 0 Å². The van der Waals surface area contributed by atoms with E-state index in [1.165, 1.54) is 0 Å². The van der Waals surface area contributed by atoms with Crippen LogP contribution in [0, 0.1) is 0 Å². The number of nitrogens with one attached hydrogen (secondary N) is 1. The molecule has 1 aromatic rings. The average Bonchev–Trinajstić information content (AvgIpc) is 2.35. The standard InChI is InChI=1S/C11H17N3O2S/c1-16-10-3-2-9(12)11(14-10)13-8-4-6-17(15)7-5-8/h2-3,8H,4-7,12H2,1H3,(H,13,14). The zero-order valence-corrected chi connectivity index (χ0v) is 10.6. The van der Waals surface area contributed by atoms with Crippen LogP contribution in [0.5, 0.6) is 5.88 Å². The van der Waals surface area contributed by atoms with Crippen LogP contribution in [-0.4, -0.2) is 33.9 Å². The molecule has 1 saturated heterocycles. The van der Waals surface area contributed by atoms with Crippen molar-refractivity contribution in [2.24, 2.45) is 0 Å². The van der Waals surface area contributed by atoms with Gasteiger partial charge in [-0.1, -0.05) is 0 Å². The van der Waals surface area contributed by atoms with E-state index in [4.69, 9.17) is 10.5 Å². The lowest BCUT2D eigenvalue weighted by Crippen LogP contribution is -2.30. The van der Waals surface area contributed by atoms with Crippen molar-refractivity contribution < 1.29 is 8.95 Å². The number of aromatic nitrogens is 1. The van der Waals surface area contributed by atoms with Gasteiger partial charge in [0.15, 0.2) is 5.82 Å². The van der Waals surface area contributed by atoms with Crippen LogP contribution in [0.3, 0.4) is 0 Å². The highest BCUT2D eigenvalue weighted by atomic mass is 32.2. The summed E-state index contributed by atoms with van der Waals surface area (Å²) in [6, 6.07) is 3.81. The van der Waals surface area contributed by atoms with Crippen LogP contribution in [0.15, 0.2) is 12.1 Å². The average molecular weight is 255 g/mol. The number of nitrogens with zero attached hydrogens (tertiary/aromatic N) is 1. The summed E-state index contributed by atoms with van der Waals surface area (Å²) in [6.07, 6.45) is 1.79. The molecule has 0 bridgehead atoms. The second-order valence-corrected chi connectivity index (χ2v) is 5.75. The van der Waals surface area contributed by atoms with Crippen molar-refractivity contribution in [3.05, 3.63) is 12.1 Å². The highest BCUT2D eigenvalue weighted by Crippen LogP contribution is 2.22. The van der Waals surface area contributed by atoms with E-state index in [-0.39, 0.29) is 0 Å². The summed E-state index contributed by atoms with van der Waals surface area (Å²) in [4.78, 5) is 4.27. The Morgan fingerprint density at radius 3 is 2.82 bits per heavy atom. The Kier molecular flexibility index (Phi) is 3.83. The first-order chi connectivity index (χ1) is 8.19. The maximum absolute atomic E-state index is 11.3. The zero-order chi connectivity index (χ0) is 12.3. The first-order valence-corrected chi connectivity index (χ1v) is 7.10. The molecule has 1 aliphatic heterocycles. The Hall–Kier alpha value is -1.30. The second kappa shape index (κ2) is 5.35. The molecule has 0 aliphatic carbocycles. The van der Waals surface area contributed by atoms with Gasteiger partial charge in [0, 0.05) is 34.4 Å². The van der Waals surface area contributed by atoms with Gasteiger partial charge in [0.1, 0.15) is 0 Å². The van der Waals surface area contributed by atoms with Crippen LogP contribution in [0.25, 0.3) is 0 Å². The van der Waals surface area contributed by atoms with Crippen molar-refractivity contribution in [1.82, 2.24) is 4.98 Å². The number of nitrogen functional groups attached to an aromatic ring is 1. The Bertz CT molecular complexity index is 415. The van der Waals surface area contributed by atoms with Crippen LogP contribution < -0.4 is 15.8 Å². The van der Waals surface area contributed by atoms with Gasteiger partial charge in [-0.25, -0.2) is 0 Å². The number of pyridine rings is 1. The molecule has 94 valence electrons. The van der Waals surface area contributed by atoms with Crippen LogP contribution >= 0.6 is 0 Å². The van der Waals surface area contributed by atoms with Crippen molar-refractivity contribution in [2.75, 3.05) is 29.7 Å². The molecule has 0 aromatic carbocycles. The van der Waals surface area contributed by atoms with E-state index in [9.17, 15) is 4.21 Å².